The van der Waals surface area contributed by atoms with Gasteiger partial charge in [0.2, 0.25) is 11.8 Å². The molecule has 0 radical (unpaired) electrons. The van der Waals surface area contributed by atoms with Gasteiger partial charge in [0.05, 0.1) is 29.5 Å². The second-order valence-electron chi connectivity index (χ2n) is 7.65. The predicted octanol–water partition coefficient (Wildman–Crippen LogP) is 3.56. The number of piperidine rings is 1. The van der Waals surface area contributed by atoms with E-state index in [1.807, 2.05) is 29.2 Å². The summed E-state index contributed by atoms with van der Waals surface area (Å²) in [5, 5.41) is 13.1. The van der Waals surface area contributed by atoms with Gasteiger partial charge in [-0.05, 0) is 50.8 Å². The molecule has 1 aromatic carbocycles. The minimum absolute atomic E-state index is 0.0558. The number of carbonyl (C=O) groups is 2. The molecule has 3 atom stereocenters. The highest BCUT2D eigenvalue weighted by atomic mass is 32.2. The Hall–Kier alpha value is -2.46. The zero-order valence-electron chi connectivity index (χ0n) is 17.1. The monoisotopic (exact) mass is 413 g/mol. The molecule has 1 fully saturated rings. The molecule has 0 saturated carbocycles. The highest BCUT2D eigenvalue weighted by molar-refractivity contribution is 8.03. The quantitative estimate of drug-likeness (QED) is 0.798. The Morgan fingerprint density at radius 3 is 2.52 bits per heavy atom. The molecule has 29 heavy (non-hydrogen) atoms. The van der Waals surface area contributed by atoms with Crippen LogP contribution in [0.15, 0.2) is 34.9 Å². The van der Waals surface area contributed by atoms with Gasteiger partial charge in [-0.2, -0.15) is 5.26 Å². The molecule has 0 bridgehead atoms. The summed E-state index contributed by atoms with van der Waals surface area (Å²) in [5.41, 5.74) is 1.40. The van der Waals surface area contributed by atoms with Crippen LogP contribution in [-0.2, 0) is 9.59 Å². The fourth-order valence-corrected chi connectivity index (χ4v) is 5.12. The number of hydrogen-bond donors (Lipinski definition) is 1. The van der Waals surface area contributed by atoms with E-state index in [1.165, 1.54) is 11.8 Å². The van der Waals surface area contributed by atoms with Crippen LogP contribution < -0.4 is 10.1 Å². The van der Waals surface area contributed by atoms with Crippen LogP contribution >= 0.6 is 11.8 Å². The van der Waals surface area contributed by atoms with E-state index in [4.69, 9.17) is 4.74 Å². The number of benzene rings is 1. The van der Waals surface area contributed by atoms with Gasteiger partial charge in [0, 0.05) is 24.4 Å². The van der Waals surface area contributed by atoms with E-state index in [-0.39, 0.29) is 42.0 Å². The second-order valence-corrected chi connectivity index (χ2v) is 8.64. The van der Waals surface area contributed by atoms with Crippen LogP contribution in [0.3, 0.4) is 0 Å². The van der Waals surface area contributed by atoms with Crippen LogP contribution in [0, 0.1) is 11.3 Å². The molecule has 2 aliphatic heterocycles. The van der Waals surface area contributed by atoms with E-state index in [9.17, 15) is 14.9 Å². The molecule has 2 amide bonds. The molecule has 6 nitrogen and oxygen atoms in total. The average molecular weight is 414 g/mol. The lowest BCUT2D eigenvalue weighted by molar-refractivity contribution is -0.134. The zero-order valence-corrected chi connectivity index (χ0v) is 17.9. The van der Waals surface area contributed by atoms with Gasteiger partial charge < -0.3 is 15.0 Å². The number of nitrogens with zero attached hydrogens (tertiary/aromatic N) is 2. The third kappa shape index (κ3) is 4.76. The van der Waals surface area contributed by atoms with Gasteiger partial charge in [-0.1, -0.05) is 23.9 Å². The fraction of sp³-hybridized carbons (Fsp3) is 0.500. The van der Waals surface area contributed by atoms with Crippen LogP contribution in [0.25, 0.3) is 0 Å². The standard InChI is InChI=1S/C22H27N3O3S/c1-14-5-4-6-15(2)25(14)21(27)13-29-22-19(12-23)18(11-20(26)24-22)16-7-9-17(28-3)10-8-16/h7-10,14-15,18H,4-6,11,13H2,1-3H3,(H,24,26)/t14-,15-,18-/m0/s1. The summed E-state index contributed by atoms with van der Waals surface area (Å²) in [6.45, 7) is 4.17. The molecule has 1 aromatic rings. The lowest BCUT2D eigenvalue weighted by Crippen LogP contribution is -2.48. The highest BCUT2D eigenvalue weighted by Gasteiger charge is 2.32. The van der Waals surface area contributed by atoms with Crippen LogP contribution in [0.5, 0.6) is 5.75 Å². The number of ether oxygens (including phenoxy) is 1. The molecule has 3 rings (SSSR count). The highest BCUT2D eigenvalue weighted by Crippen LogP contribution is 2.36. The van der Waals surface area contributed by atoms with Gasteiger partial charge in [0.25, 0.3) is 0 Å². The van der Waals surface area contributed by atoms with E-state index in [1.54, 1.807) is 7.11 Å². The molecule has 0 spiro atoms. The molecule has 2 aliphatic rings. The topological polar surface area (TPSA) is 82.4 Å². The number of likely N-dealkylation sites (tertiary alicyclic amines) is 1. The van der Waals surface area contributed by atoms with Crippen molar-refractivity contribution in [3.05, 3.63) is 40.4 Å². The number of thioether (sulfide) groups is 1. The summed E-state index contributed by atoms with van der Waals surface area (Å²) < 4.78 is 5.19. The first-order valence-corrected chi connectivity index (χ1v) is 10.9. The van der Waals surface area contributed by atoms with Gasteiger partial charge in [-0.25, -0.2) is 0 Å². The number of methoxy groups -OCH3 is 1. The molecule has 2 heterocycles. The van der Waals surface area contributed by atoms with Crippen LogP contribution in [-0.4, -0.2) is 41.7 Å². The Bertz CT molecular complexity index is 834. The van der Waals surface area contributed by atoms with Gasteiger partial charge in [-0.3, -0.25) is 9.59 Å². The van der Waals surface area contributed by atoms with Gasteiger partial charge in [-0.15, -0.1) is 0 Å². The number of hydrogen-bond acceptors (Lipinski definition) is 5. The summed E-state index contributed by atoms with van der Waals surface area (Å²) >= 11 is 1.25. The van der Waals surface area contributed by atoms with Crippen molar-refractivity contribution < 1.29 is 14.3 Å². The van der Waals surface area contributed by atoms with Crippen molar-refractivity contribution in [1.29, 1.82) is 5.26 Å². The van der Waals surface area contributed by atoms with Crippen LogP contribution in [0.4, 0.5) is 0 Å². The lowest BCUT2D eigenvalue weighted by Gasteiger charge is -2.39. The van der Waals surface area contributed by atoms with Crippen molar-refractivity contribution in [2.75, 3.05) is 12.9 Å². The van der Waals surface area contributed by atoms with Gasteiger partial charge in [0.1, 0.15) is 5.75 Å². The SMILES string of the molecule is COc1ccc([C@@H]2CC(=O)NC(SCC(=O)N3[C@@H](C)CCC[C@@H]3C)=C2C#N)cc1. The number of amides is 2. The molecule has 0 aromatic heterocycles. The predicted molar refractivity (Wildman–Crippen MR) is 113 cm³/mol. The van der Waals surface area contributed by atoms with Crippen molar-refractivity contribution in [3.8, 4) is 11.8 Å². The Labute approximate surface area is 176 Å². The Balaban J connectivity index is 1.78. The van der Waals surface area contributed by atoms with E-state index in [0.717, 1.165) is 30.6 Å². The maximum atomic E-state index is 12.8. The molecular formula is C22H27N3O3S. The summed E-state index contributed by atoms with van der Waals surface area (Å²) in [7, 11) is 1.60. The van der Waals surface area contributed by atoms with Crippen molar-refractivity contribution in [2.45, 2.75) is 57.5 Å². The molecule has 154 valence electrons. The van der Waals surface area contributed by atoms with E-state index < -0.39 is 0 Å². The molecular weight excluding hydrogens is 386 g/mol. The first-order chi connectivity index (χ1) is 13.9. The van der Waals surface area contributed by atoms with E-state index in [2.05, 4.69) is 25.2 Å². The maximum Gasteiger partial charge on any atom is 0.233 e. The van der Waals surface area contributed by atoms with Crippen molar-refractivity contribution in [2.24, 2.45) is 0 Å². The Kier molecular flexibility index (Phi) is 6.86. The Morgan fingerprint density at radius 2 is 1.93 bits per heavy atom. The van der Waals surface area contributed by atoms with Crippen LogP contribution in [0.2, 0.25) is 0 Å². The van der Waals surface area contributed by atoms with Crippen molar-refractivity contribution in [3.63, 3.8) is 0 Å². The smallest absolute Gasteiger partial charge is 0.233 e. The molecule has 1 saturated heterocycles. The third-order valence-electron chi connectivity index (χ3n) is 5.70. The first kappa shape index (κ1) is 21.3. The minimum Gasteiger partial charge on any atom is -0.497 e. The van der Waals surface area contributed by atoms with Gasteiger partial charge >= 0.3 is 0 Å². The summed E-state index contributed by atoms with van der Waals surface area (Å²) in [6.07, 6.45) is 3.39. The second kappa shape index (κ2) is 9.36. The number of nitriles is 1. The Morgan fingerprint density at radius 1 is 1.28 bits per heavy atom. The molecule has 7 heteroatoms. The number of rotatable bonds is 5. The zero-order chi connectivity index (χ0) is 21.0. The first-order valence-electron chi connectivity index (χ1n) is 9.96. The number of allylic oxidation sites excluding steroid dienone is 1. The largest absolute Gasteiger partial charge is 0.497 e. The average Bonchev–Trinajstić information content (AvgIpc) is 2.71. The number of carbonyl (C=O) groups excluding carboxylic acids is 2. The summed E-state index contributed by atoms with van der Waals surface area (Å²) in [6, 6.07) is 10.1. The summed E-state index contributed by atoms with van der Waals surface area (Å²) in [5.74, 6) is 0.538. The van der Waals surface area contributed by atoms with Crippen molar-refractivity contribution >= 4 is 23.6 Å². The molecule has 1 N–H and O–H groups in total. The third-order valence-corrected chi connectivity index (χ3v) is 6.70. The lowest BCUT2D eigenvalue weighted by atomic mass is 9.87. The fourth-order valence-electron chi connectivity index (χ4n) is 4.18. The normalized spacial score (nSPS) is 24.7. The molecule has 0 aliphatic carbocycles. The van der Waals surface area contributed by atoms with Gasteiger partial charge in [0.15, 0.2) is 0 Å². The number of nitrogens with one attached hydrogen (secondary N) is 1. The van der Waals surface area contributed by atoms with Crippen molar-refractivity contribution in [1.82, 2.24) is 10.2 Å². The summed E-state index contributed by atoms with van der Waals surface area (Å²) in [4.78, 5) is 27.1. The van der Waals surface area contributed by atoms with E-state index >= 15 is 0 Å². The van der Waals surface area contributed by atoms with E-state index in [0.29, 0.717) is 10.6 Å². The van der Waals surface area contributed by atoms with Crippen LogP contribution in [0.1, 0.15) is 51.0 Å². The minimum atomic E-state index is -0.315. The maximum absolute atomic E-state index is 12.8. The molecule has 0 unspecified atom stereocenters.